The maximum atomic E-state index is 12.0. The van der Waals surface area contributed by atoms with Crippen LogP contribution >= 0.6 is 14.8 Å². The largest absolute Gasteiger partial charge is 0.427 e. The van der Waals surface area contributed by atoms with Crippen molar-refractivity contribution in [2.75, 3.05) is 0 Å². The molecule has 0 radical (unpaired) electrons. The zero-order valence-corrected chi connectivity index (χ0v) is 9.41. The maximum Gasteiger partial charge on any atom is 0.427 e. The molecule has 0 spiro atoms. The van der Waals surface area contributed by atoms with Crippen LogP contribution in [0, 0.1) is 0 Å². The van der Waals surface area contributed by atoms with Gasteiger partial charge < -0.3 is 0 Å². The Morgan fingerprint density at radius 3 is 0.824 bits per heavy atom. The lowest BCUT2D eigenvalue weighted by Crippen LogP contribution is -2.69. The van der Waals surface area contributed by atoms with Gasteiger partial charge in [-0.15, -0.1) is 0 Å². The number of rotatable bonds is 1. The Labute approximate surface area is 94.9 Å². The van der Waals surface area contributed by atoms with Gasteiger partial charge in [0.1, 0.15) is 0 Å². The topological polar surface area (TPSA) is 34.1 Å². The Kier molecular flexibility index (Phi) is 3.85. The molecule has 13 heteroatoms. The second-order valence-corrected chi connectivity index (χ2v) is 6.66. The average molecular weight is 363 g/mol. The van der Waals surface area contributed by atoms with E-state index >= 15 is 0 Å². The third kappa shape index (κ3) is 2.35. The molecule has 0 aliphatic heterocycles. The molecule has 2 nitrogen and oxygen atoms in total. The fraction of sp³-hybridized carbons (Fsp3) is 1.00. The molecule has 0 aliphatic carbocycles. The summed E-state index contributed by atoms with van der Waals surface area (Å²) in [5.74, 6) is 0. The normalized spacial score (nSPS) is 16.1. The van der Waals surface area contributed by atoms with Crippen molar-refractivity contribution in [1.82, 2.24) is 0 Å². The first kappa shape index (κ1) is 16.8. The molecule has 0 unspecified atom stereocenters. The van der Waals surface area contributed by atoms with E-state index in [0.29, 0.717) is 0 Å². The first-order valence-electron chi connectivity index (χ1n) is 3.14. The monoisotopic (exact) mass is 362 g/mol. The van der Waals surface area contributed by atoms with Crippen LogP contribution in [0.4, 0.5) is 39.5 Å². The lowest BCUT2D eigenvalue weighted by Gasteiger charge is -2.35. The van der Waals surface area contributed by atoms with E-state index in [2.05, 4.69) is 0 Å². The third-order valence-electron chi connectivity index (χ3n) is 1.56. The van der Waals surface area contributed by atoms with E-state index in [9.17, 15) is 47.9 Å². The molecule has 17 heavy (non-hydrogen) atoms. The molecule has 0 saturated heterocycles. The minimum absolute atomic E-state index is 0.822. The Hall–Kier alpha value is -0.200. The summed E-state index contributed by atoms with van der Waals surface area (Å²) in [5, 5.41) is 0. The van der Waals surface area contributed by atoms with Gasteiger partial charge in [0.25, 0.3) is 0 Å². The molecule has 104 valence electrons. The Bertz CT molecular complexity index is 351. The first-order chi connectivity index (χ1) is 7.00. The number of halogens is 10. The second-order valence-electron chi connectivity index (χ2n) is 2.61. The Morgan fingerprint density at radius 1 is 0.647 bits per heavy atom. The number of alkyl halides is 9. The maximum absolute atomic E-state index is 12.0. The smallest absolute Gasteiger partial charge is 0.215 e. The van der Waals surface area contributed by atoms with Crippen LogP contribution in [0.2, 0.25) is 0 Å². The number of hydrogen-bond acceptors (Lipinski definition) is 2. The predicted molar refractivity (Wildman–Crippen MR) is 38.7 cm³/mol. The van der Waals surface area contributed by atoms with Gasteiger partial charge in [0.2, 0.25) is 8.27 Å². The molecule has 0 N–H and O–H groups in total. The van der Waals surface area contributed by atoms with Gasteiger partial charge in [-0.3, -0.25) is 0 Å². The van der Waals surface area contributed by atoms with Gasteiger partial charge in [-0.1, -0.05) is 0 Å². The summed E-state index contributed by atoms with van der Waals surface area (Å²) in [4.78, 5) is 0. The predicted octanol–water partition coefficient (Wildman–Crippen LogP) is 3.14. The second kappa shape index (κ2) is 3.90. The van der Waals surface area contributed by atoms with Crippen LogP contribution in [0.1, 0.15) is 0 Å². The van der Waals surface area contributed by atoms with Gasteiger partial charge in [0, 0.05) is 0 Å². The highest BCUT2D eigenvalue weighted by Gasteiger charge is 2.90. The number of hydrogen-bond donors (Lipinski definition) is 0. The van der Waals surface area contributed by atoms with E-state index in [4.69, 9.17) is 0 Å². The van der Waals surface area contributed by atoms with Gasteiger partial charge in [-0.2, -0.15) is 39.5 Å². The van der Waals surface area contributed by atoms with Crippen LogP contribution in [0.25, 0.3) is 0 Å². The summed E-state index contributed by atoms with van der Waals surface area (Å²) in [6.45, 7) is 0. The zero-order chi connectivity index (χ0) is 14.5. The van der Waals surface area contributed by atoms with Crippen LogP contribution in [0.5, 0.6) is 0 Å². The van der Waals surface area contributed by atoms with Crippen molar-refractivity contribution in [3.63, 3.8) is 0 Å². The van der Waals surface area contributed by atoms with Crippen LogP contribution in [-0.4, -0.2) is 31.7 Å². The zero-order valence-electron chi connectivity index (χ0n) is 7.00. The van der Waals surface area contributed by atoms with E-state index in [1.807, 2.05) is 0 Å². The van der Waals surface area contributed by atoms with Crippen molar-refractivity contribution in [3.05, 3.63) is 0 Å². The molecule has 0 fully saturated rings. The molecular formula is C4BrF9O2S. The molecule has 0 aromatic heterocycles. The van der Waals surface area contributed by atoms with E-state index < -0.39 is 31.5 Å². The van der Waals surface area contributed by atoms with E-state index in [-0.39, 0.29) is 0 Å². The van der Waals surface area contributed by atoms with Crippen LogP contribution in [-0.2, 0) is 8.27 Å². The van der Waals surface area contributed by atoms with Gasteiger partial charge in [0.15, 0.2) is 0 Å². The molecular weight excluding hydrogens is 363 g/mol. The molecule has 0 saturated carbocycles. The van der Waals surface area contributed by atoms with Crippen molar-refractivity contribution in [1.29, 1.82) is 0 Å². The first-order valence-corrected chi connectivity index (χ1v) is 6.47. The molecule has 0 aliphatic rings. The minimum atomic E-state index is -7.12. The highest BCUT2D eigenvalue weighted by molar-refractivity contribution is 9.47. The highest BCUT2D eigenvalue weighted by Crippen LogP contribution is 2.58. The SMILES string of the molecule is O=S(=O)(Br)C(C(F)(F)F)(C(F)(F)F)C(F)(F)F. The van der Waals surface area contributed by atoms with Gasteiger partial charge in [-0.05, 0) is 0 Å². The summed E-state index contributed by atoms with van der Waals surface area (Å²) in [7, 11) is -6.76. The van der Waals surface area contributed by atoms with Crippen LogP contribution < -0.4 is 0 Å². The van der Waals surface area contributed by atoms with Crippen molar-refractivity contribution < 1.29 is 47.9 Å². The van der Waals surface area contributed by atoms with E-state index in [1.54, 1.807) is 0 Å². The summed E-state index contributed by atoms with van der Waals surface area (Å²) in [6.07, 6.45) is -21.4. The van der Waals surface area contributed by atoms with E-state index in [1.165, 1.54) is 0 Å². The quantitative estimate of drug-likeness (QED) is 0.530. The Morgan fingerprint density at radius 2 is 0.824 bits per heavy atom. The lowest BCUT2D eigenvalue weighted by molar-refractivity contribution is -0.346. The highest BCUT2D eigenvalue weighted by atomic mass is 79.9. The van der Waals surface area contributed by atoms with Gasteiger partial charge in [-0.25, -0.2) is 8.42 Å². The molecule has 0 aromatic rings. The standard InChI is InChI=1S/C4BrF9O2S/c5-17(15,16)1(2(6,7)8,3(9,10)11)4(12,13)14. The van der Waals surface area contributed by atoms with Crippen LogP contribution in [0.15, 0.2) is 0 Å². The summed E-state index contributed by atoms with van der Waals surface area (Å²) in [6, 6.07) is 0. The fourth-order valence-electron chi connectivity index (χ4n) is 0.897. The summed E-state index contributed by atoms with van der Waals surface area (Å²) < 4.78 is 122. The fourth-order valence-corrected chi connectivity index (χ4v) is 3.38. The molecule has 0 amide bonds. The molecule has 0 rings (SSSR count). The molecule has 0 aromatic carbocycles. The van der Waals surface area contributed by atoms with Gasteiger partial charge >= 0.3 is 23.3 Å². The lowest BCUT2D eigenvalue weighted by atomic mass is 10.1. The van der Waals surface area contributed by atoms with Crippen LogP contribution in [0.3, 0.4) is 0 Å². The summed E-state index contributed by atoms with van der Waals surface area (Å²) >= 11 is 0.822. The summed E-state index contributed by atoms with van der Waals surface area (Å²) in [5.41, 5.74) is 0. The molecule has 0 bridgehead atoms. The Balaban J connectivity index is 6.60. The molecule has 0 atom stereocenters. The van der Waals surface area contributed by atoms with Crippen molar-refractivity contribution >= 4 is 23.1 Å². The molecule has 0 heterocycles. The minimum Gasteiger partial charge on any atom is -0.215 e. The third-order valence-corrected chi connectivity index (χ3v) is 4.45. The van der Waals surface area contributed by atoms with Gasteiger partial charge in [0.05, 0.1) is 14.8 Å². The average Bonchev–Trinajstić information content (AvgIpc) is 1.67. The van der Waals surface area contributed by atoms with Crippen molar-refractivity contribution in [3.8, 4) is 0 Å². The van der Waals surface area contributed by atoms with Crippen molar-refractivity contribution in [2.24, 2.45) is 0 Å². The van der Waals surface area contributed by atoms with E-state index in [0.717, 1.165) is 14.8 Å². The van der Waals surface area contributed by atoms with Crippen molar-refractivity contribution in [2.45, 2.75) is 23.3 Å².